The van der Waals surface area contributed by atoms with Crippen LogP contribution >= 0.6 is 0 Å². The Bertz CT molecular complexity index is 152. The number of rotatable bonds is 2. The number of hydrogen-bond donors (Lipinski definition) is 0. The SMILES string of the molecule is C=CC(C)=CC(C)=NC. The molecule has 0 amide bonds. The van der Waals surface area contributed by atoms with Gasteiger partial charge in [-0.15, -0.1) is 0 Å². The first-order chi connectivity index (χ1) is 4.20. The molecule has 0 aromatic carbocycles. The highest BCUT2D eigenvalue weighted by atomic mass is 14.7. The monoisotopic (exact) mass is 123 g/mol. The molecule has 0 aliphatic carbocycles. The highest BCUT2D eigenvalue weighted by Crippen LogP contribution is 1.92. The summed E-state index contributed by atoms with van der Waals surface area (Å²) in [5.41, 5.74) is 2.19. The maximum atomic E-state index is 3.97. The third kappa shape index (κ3) is 3.71. The summed E-state index contributed by atoms with van der Waals surface area (Å²) in [6.45, 7) is 7.59. The van der Waals surface area contributed by atoms with Crippen molar-refractivity contribution in [2.45, 2.75) is 13.8 Å². The fraction of sp³-hybridized carbons (Fsp3) is 0.375. The summed E-state index contributed by atoms with van der Waals surface area (Å²) in [6.07, 6.45) is 3.81. The average molecular weight is 123 g/mol. The van der Waals surface area contributed by atoms with Crippen LogP contribution in [0.25, 0.3) is 0 Å². The van der Waals surface area contributed by atoms with Crippen molar-refractivity contribution in [2.24, 2.45) is 4.99 Å². The Morgan fingerprint density at radius 2 is 2.00 bits per heavy atom. The van der Waals surface area contributed by atoms with Crippen molar-refractivity contribution in [3.63, 3.8) is 0 Å². The Balaban J connectivity index is 4.11. The minimum absolute atomic E-state index is 1.03. The number of allylic oxidation sites excluding steroid dienone is 3. The molecular formula is C8H13N. The van der Waals surface area contributed by atoms with E-state index in [-0.39, 0.29) is 0 Å². The van der Waals surface area contributed by atoms with E-state index >= 15 is 0 Å². The van der Waals surface area contributed by atoms with Crippen LogP contribution < -0.4 is 0 Å². The first kappa shape index (κ1) is 8.15. The summed E-state index contributed by atoms with van der Waals surface area (Å²) < 4.78 is 0. The Hall–Kier alpha value is -0.850. The average Bonchev–Trinajstić information content (AvgIpc) is 1.87. The summed E-state index contributed by atoms with van der Waals surface area (Å²) in [5.74, 6) is 0. The van der Waals surface area contributed by atoms with Crippen molar-refractivity contribution in [3.05, 3.63) is 24.3 Å². The summed E-state index contributed by atoms with van der Waals surface area (Å²) in [4.78, 5) is 3.97. The van der Waals surface area contributed by atoms with E-state index in [0.29, 0.717) is 0 Å². The fourth-order valence-electron chi connectivity index (χ4n) is 0.453. The molecule has 0 rings (SSSR count). The van der Waals surface area contributed by atoms with E-state index in [1.54, 1.807) is 7.05 Å². The van der Waals surface area contributed by atoms with Crippen LogP contribution in [0.15, 0.2) is 29.3 Å². The molecule has 50 valence electrons. The second kappa shape index (κ2) is 4.07. The molecule has 0 aliphatic heterocycles. The van der Waals surface area contributed by atoms with Crippen molar-refractivity contribution < 1.29 is 0 Å². The maximum absolute atomic E-state index is 3.97. The Morgan fingerprint density at radius 1 is 1.44 bits per heavy atom. The lowest BCUT2D eigenvalue weighted by Crippen LogP contribution is -1.83. The van der Waals surface area contributed by atoms with E-state index < -0.39 is 0 Å². The van der Waals surface area contributed by atoms with Gasteiger partial charge < -0.3 is 0 Å². The Kier molecular flexibility index (Phi) is 3.69. The molecule has 0 bridgehead atoms. The standard InChI is InChI=1S/C8H13N/c1-5-7(2)6-8(3)9-4/h5-6H,1H2,2-4H3. The van der Waals surface area contributed by atoms with Crippen molar-refractivity contribution >= 4 is 5.71 Å². The third-order valence-electron chi connectivity index (χ3n) is 1.11. The van der Waals surface area contributed by atoms with Crippen LogP contribution in [0.1, 0.15) is 13.8 Å². The van der Waals surface area contributed by atoms with E-state index in [9.17, 15) is 0 Å². The van der Waals surface area contributed by atoms with Crippen LogP contribution in [0.3, 0.4) is 0 Å². The van der Waals surface area contributed by atoms with Gasteiger partial charge in [0.05, 0.1) is 0 Å². The second-order valence-electron chi connectivity index (χ2n) is 1.96. The van der Waals surface area contributed by atoms with Crippen LogP contribution in [-0.2, 0) is 0 Å². The summed E-state index contributed by atoms with van der Waals surface area (Å²) >= 11 is 0. The predicted octanol–water partition coefficient (Wildman–Crippen LogP) is 2.21. The van der Waals surface area contributed by atoms with Crippen molar-refractivity contribution in [1.82, 2.24) is 0 Å². The summed E-state index contributed by atoms with van der Waals surface area (Å²) in [5, 5.41) is 0. The molecule has 0 aliphatic rings. The van der Waals surface area contributed by atoms with Crippen molar-refractivity contribution in [1.29, 1.82) is 0 Å². The zero-order valence-corrected chi connectivity index (χ0v) is 6.31. The highest BCUT2D eigenvalue weighted by Gasteiger charge is 1.81. The predicted molar refractivity (Wildman–Crippen MR) is 43.0 cm³/mol. The molecule has 0 atom stereocenters. The van der Waals surface area contributed by atoms with E-state index in [0.717, 1.165) is 11.3 Å². The Labute approximate surface area is 56.8 Å². The number of hydrogen-bond acceptors (Lipinski definition) is 1. The normalized spacial score (nSPS) is 13.7. The fourth-order valence-corrected chi connectivity index (χ4v) is 0.453. The van der Waals surface area contributed by atoms with Gasteiger partial charge in [0.25, 0.3) is 0 Å². The smallest absolute Gasteiger partial charge is 0.0316 e. The number of nitrogens with zero attached hydrogens (tertiary/aromatic N) is 1. The van der Waals surface area contributed by atoms with E-state index in [1.807, 2.05) is 26.0 Å². The van der Waals surface area contributed by atoms with Gasteiger partial charge in [0.15, 0.2) is 0 Å². The minimum Gasteiger partial charge on any atom is -0.293 e. The molecule has 0 saturated carbocycles. The van der Waals surface area contributed by atoms with Gasteiger partial charge >= 0.3 is 0 Å². The Morgan fingerprint density at radius 3 is 2.33 bits per heavy atom. The molecule has 9 heavy (non-hydrogen) atoms. The van der Waals surface area contributed by atoms with Gasteiger partial charge in [-0.25, -0.2) is 0 Å². The lowest BCUT2D eigenvalue weighted by Gasteiger charge is -1.89. The lowest BCUT2D eigenvalue weighted by atomic mass is 10.2. The van der Waals surface area contributed by atoms with Crippen molar-refractivity contribution in [2.75, 3.05) is 7.05 Å². The zero-order valence-electron chi connectivity index (χ0n) is 6.31. The molecule has 1 heteroatoms. The molecule has 0 aromatic rings. The second-order valence-corrected chi connectivity index (χ2v) is 1.96. The van der Waals surface area contributed by atoms with Gasteiger partial charge in [0, 0.05) is 12.8 Å². The van der Waals surface area contributed by atoms with Crippen LogP contribution in [-0.4, -0.2) is 12.8 Å². The van der Waals surface area contributed by atoms with Crippen LogP contribution in [0.5, 0.6) is 0 Å². The molecular weight excluding hydrogens is 110 g/mol. The van der Waals surface area contributed by atoms with Gasteiger partial charge in [-0.1, -0.05) is 12.7 Å². The maximum Gasteiger partial charge on any atom is 0.0316 e. The van der Waals surface area contributed by atoms with Crippen LogP contribution in [0, 0.1) is 0 Å². The van der Waals surface area contributed by atoms with Crippen molar-refractivity contribution in [3.8, 4) is 0 Å². The van der Waals surface area contributed by atoms with Gasteiger partial charge in [-0.3, -0.25) is 4.99 Å². The highest BCUT2D eigenvalue weighted by molar-refractivity contribution is 5.93. The van der Waals surface area contributed by atoms with Crippen LogP contribution in [0.4, 0.5) is 0 Å². The quantitative estimate of drug-likeness (QED) is 0.394. The lowest BCUT2D eigenvalue weighted by molar-refractivity contribution is 1.42. The number of aliphatic imine (C=N–C) groups is 1. The van der Waals surface area contributed by atoms with Gasteiger partial charge in [-0.05, 0) is 25.5 Å². The molecule has 0 radical (unpaired) electrons. The molecule has 0 fully saturated rings. The largest absolute Gasteiger partial charge is 0.293 e. The van der Waals surface area contributed by atoms with E-state index in [4.69, 9.17) is 0 Å². The molecule has 0 aromatic heterocycles. The molecule has 0 N–H and O–H groups in total. The summed E-state index contributed by atoms with van der Waals surface area (Å²) in [7, 11) is 1.78. The summed E-state index contributed by atoms with van der Waals surface area (Å²) in [6, 6.07) is 0. The molecule has 0 spiro atoms. The topological polar surface area (TPSA) is 12.4 Å². The third-order valence-corrected chi connectivity index (χ3v) is 1.11. The first-order valence-corrected chi connectivity index (χ1v) is 2.95. The van der Waals surface area contributed by atoms with Gasteiger partial charge in [-0.2, -0.15) is 0 Å². The molecule has 0 unspecified atom stereocenters. The first-order valence-electron chi connectivity index (χ1n) is 2.95. The van der Waals surface area contributed by atoms with Crippen LogP contribution in [0.2, 0.25) is 0 Å². The zero-order chi connectivity index (χ0) is 7.28. The van der Waals surface area contributed by atoms with Gasteiger partial charge in [0.1, 0.15) is 0 Å². The van der Waals surface area contributed by atoms with E-state index in [2.05, 4.69) is 11.6 Å². The van der Waals surface area contributed by atoms with Gasteiger partial charge in [0.2, 0.25) is 0 Å². The van der Waals surface area contributed by atoms with E-state index in [1.165, 1.54) is 0 Å². The minimum atomic E-state index is 1.03. The molecule has 0 saturated heterocycles. The molecule has 0 heterocycles. The molecule has 1 nitrogen and oxygen atoms in total.